The number of aryl methyl sites for hydroxylation is 1. The maximum absolute atomic E-state index is 14.1. The lowest BCUT2D eigenvalue weighted by atomic mass is 9.94. The summed E-state index contributed by atoms with van der Waals surface area (Å²) in [5.74, 6) is -1.97. The minimum atomic E-state index is -1.05. The van der Waals surface area contributed by atoms with E-state index < -0.39 is 29.0 Å². The van der Waals surface area contributed by atoms with Crippen molar-refractivity contribution in [2.45, 2.75) is 45.1 Å². The van der Waals surface area contributed by atoms with E-state index in [2.05, 4.69) is 15.4 Å². The second-order valence-electron chi connectivity index (χ2n) is 7.26. The first-order valence-corrected chi connectivity index (χ1v) is 9.73. The number of hydrogen-bond acceptors (Lipinski definition) is 5. The van der Waals surface area contributed by atoms with E-state index in [9.17, 15) is 18.4 Å². The molecule has 1 aliphatic rings. The number of para-hydroxylation sites is 1. The van der Waals surface area contributed by atoms with Crippen LogP contribution in [0.5, 0.6) is 0 Å². The summed E-state index contributed by atoms with van der Waals surface area (Å²) in [7, 11) is 0. The van der Waals surface area contributed by atoms with Crippen LogP contribution in [0.25, 0.3) is 5.69 Å². The van der Waals surface area contributed by atoms with E-state index >= 15 is 0 Å². The summed E-state index contributed by atoms with van der Waals surface area (Å²) in [5, 5.41) is 7.14. The van der Waals surface area contributed by atoms with Gasteiger partial charge in [-0.15, -0.1) is 4.68 Å². The maximum atomic E-state index is 14.1. The molecule has 0 radical (unpaired) electrons. The molecule has 0 atom stereocenters. The molecular weight excluding hydrogens is 394 g/mol. The van der Waals surface area contributed by atoms with Gasteiger partial charge in [-0.1, -0.05) is 25.3 Å². The molecule has 0 saturated heterocycles. The van der Waals surface area contributed by atoms with Crippen LogP contribution in [-0.2, 0) is 0 Å². The number of carbonyl (C=O) groups excluding carboxylic acids is 1. The lowest BCUT2D eigenvalue weighted by Crippen LogP contribution is -2.47. The SMILES string of the molecule is Cc1ccc(N(C(=O)n2nnn(-c3c(F)cccc3F)c2=O)C2CCCCC2)cn1. The molecule has 1 fully saturated rings. The third-order valence-electron chi connectivity index (χ3n) is 5.23. The molecule has 2 heterocycles. The summed E-state index contributed by atoms with van der Waals surface area (Å²) in [4.78, 5) is 31.8. The molecule has 4 rings (SSSR count). The minimum absolute atomic E-state index is 0.141. The van der Waals surface area contributed by atoms with E-state index in [1.165, 1.54) is 11.0 Å². The summed E-state index contributed by atoms with van der Waals surface area (Å²) in [6.07, 6.45) is 6.08. The van der Waals surface area contributed by atoms with Crippen LogP contribution in [0.3, 0.4) is 0 Å². The number of carbonyl (C=O) groups is 1. The number of nitrogens with zero attached hydrogens (tertiary/aromatic N) is 6. The average molecular weight is 414 g/mol. The van der Waals surface area contributed by atoms with Gasteiger partial charge in [-0.05, 0) is 54.5 Å². The largest absolute Gasteiger partial charge is 0.377 e. The van der Waals surface area contributed by atoms with Crippen molar-refractivity contribution in [3.05, 3.63) is 64.3 Å². The van der Waals surface area contributed by atoms with Gasteiger partial charge in [-0.3, -0.25) is 9.88 Å². The highest BCUT2D eigenvalue weighted by Crippen LogP contribution is 2.27. The van der Waals surface area contributed by atoms with Crippen molar-refractivity contribution in [2.24, 2.45) is 0 Å². The molecule has 30 heavy (non-hydrogen) atoms. The predicted molar refractivity (Wildman–Crippen MR) is 105 cm³/mol. The number of rotatable bonds is 3. The van der Waals surface area contributed by atoms with E-state index in [-0.39, 0.29) is 6.04 Å². The first-order valence-electron chi connectivity index (χ1n) is 9.73. The minimum Gasteiger partial charge on any atom is -0.288 e. The molecule has 0 aliphatic heterocycles. The van der Waals surface area contributed by atoms with Crippen LogP contribution < -0.4 is 10.6 Å². The molecular formula is C20H20F2N6O2. The van der Waals surface area contributed by atoms with Gasteiger partial charge >= 0.3 is 11.7 Å². The van der Waals surface area contributed by atoms with E-state index in [0.717, 1.165) is 49.9 Å². The highest BCUT2D eigenvalue weighted by atomic mass is 19.1. The topological polar surface area (TPSA) is 85.9 Å². The molecule has 2 aromatic heterocycles. The normalized spacial score (nSPS) is 14.6. The molecule has 0 unspecified atom stereocenters. The van der Waals surface area contributed by atoms with E-state index in [0.29, 0.717) is 15.1 Å². The van der Waals surface area contributed by atoms with Crippen molar-refractivity contribution in [1.29, 1.82) is 0 Å². The Morgan fingerprint density at radius 1 is 1.07 bits per heavy atom. The average Bonchev–Trinajstić information content (AvgIpc) is 3.11. The van der Waals surface area contributed by atoms with Gasteiger partial charge < -0.3 is 0 Å². The fraction of sp³-hybridized carbons (Fsp3) is 0.350. The van der Waals surface area contributed by atoms with Gasteiger partial charge in [0.25, 0.3) is 0 Å². The number of aromatic nitrogens is 5. The smallest absolute Gasteiger partial charge is 0.288 e. The second-order valence-corrected chi connectivity index (χ2v) is 7.26. The molecule has 1 aliphatic carbocycles. The van der Waals surface area contributed by atoms with Crippen LogP contribution in [0, 0.1) is 18.6 Å². The summed E-state index contributed by atoms with van der Waals surface area (Å²) >= 11 is 0. The number of halogens is 2. The summed E-state index contributed by atoms with van der Waals surface area (Å²) in [6, 6.07) is 5.81. The number of benzene rings is 1. The molecule has 0 spiro atoms. The van der Waals surface area contributed by atoms with Gasteiger partial charge in [0.15, 0.2) is 11.6 Å². The Balaban J connectivity index is 1.76. The molecule has 1 aromatic carbocycles. The van der Waals surface area contributed by atoms with Crippen LogP contribution in [-0.4, -0.2) is 36.8 Å². The molecule has 1 saturated carbocycles. The van der Waals surface area contributed by atoms with Gasteiger partial charge in [-0.25, -0.2) is 18.4 Å². The Morgan fingerprint density at radius 3 is 2.40 bits per heavy atom. The zero-order valence-corrected chi connectivity index (χ0v) is 16.3. The molecule has 1 amide bonds. The molecule has 10 heteroatoms. The molecule has 8 nitrogen and oxygen atoms in total. The highest BCUT2D eigenvalue weighted by molar-refractivity contribution is 5.93. The fourth-order valence-electron chi connectivity index (χ4n) is 3.72. The first kappa shape index (κ1) is 19.9. The molecule has 156 valence electrons. The van der Waals surface area contributed by atoms with E-state index in [1.807, 2.05) is 6.92 Å². The Labute approximate surface area is 170 Å². The summed E-state index contributed by atoms with van der Waals surface area (Å²) in [5.41, 5.74) is -0.420. The number of pyridine rings is 1. The first-order chi connectivity index (χ1) is 14.5. The number of tetrazole rings is 1. The zero-order chi connectivity index (χ0) is 21.3. The summed E-state index contributed by atoms with van der Waals surface area (Å²) < 4.78 is 29.2. The standard InChI is InChI=1S/C20H20F2N6O2/c1-13-10-11-15(12-23-13)26(14-6-3-2-4-7-14)19(29)28-20(30)27(24-25-28)18-16(21)8-5-9-17(18)22/h5,8-12,14H,2-4,6-7H2,1H3. The highest BCUT2D eigenvalue weighted by Gasteiger charge is 2.31. The van der Waals surface area contributed by atoms with Crippen LogP contribution in [0.2, 0.25) is 0 Å². The van der Waals surface area contributed by atoms with Gasteiger partial charge in [0.2, 0.25) is 0 Å². The molecule has 0 N–H and O–H groups in total. The lowest BCUT2D eigenvalue weighted by Gasteiger charge is -2.33. The van der Waals surface area contributed by atoms with Crippen molar-refractivity contribution in [2.75, 3.05) is 4.90 Å². The third kappa shape index (κ3) is 3.60. The van der Waals surface area contributed by atoms with Crippen LogP contribution >= 0.6 is 0 Å². The lowest BCUT2D eigenvalue weighted by molar-refractivity contribution is 0.238. The third-order valence-corrected chi connectivity index (χ3v) is 5.23. The molecule has 3 aromatic rings. The Morgan fingerprint density at radius 2 is 1.77 bits per heavy atom. The van der Waals surface area contributed by atoms with Crippen molar-refractivity contribution >= 4 is 11.7 Å². The van der Waals surface area contributed by atoms with Crippen LogP contribution in [0.1, 0.15) is 37.8 Å². The monoisotopic (exact) mass is 414 g/mol. The van der Waals surface area contributed by atoms with E-state index in [4.69, 9.17) is 0 Å². The second kappa shape index (κ2) is 8.13. The van der Waals surface area contributed by atoms with E-state index in [1.54, 1.807) is 18.3 Å². The predicted octanol–water partition coefficient (Wildman–Crippen LogP) is 3.22. The van der Waals surface area contributed by atoms with Crippen molar-refractivity contribution in [3.8, 4) is 5.69 Å². The summed E-state index contributed by atoms with van der Waals surface area (Å²) in [6.45, 7) is 1.83. The number of hydrogen-bond donors (Lipinski definition) is 0. The van der Waals surface area contributed by atoms with Gasteiger partial charge in [-0.2, -0.15) is 4.68 Å². The maximum Gasteiger partial charge on any atom is 0.377 e. The zero-order valence-electron chi connectivity index (χ0n) is 16.3. The number of amides is 1. The van der Waals surface area contributed by atoms with Crippen LogP contribution in [0.15, 0.2) is 41.3 Å². The van der Waals surface area contributed by atoms with Crippen molar-refractivity contribution in [1.82, 2.24) is 24.8 Å². The Kier molecular flexibility index (Phi) is 5.39. The Hall–Kier alpha value is -3.43. The van der Waals surface area contributed by atoms with Gasteiger partial charge in [0.05, 0.1) is 11.9 Å². The quantitative estimate of drug-likeness (QED) is 0.615. The Bertz CT molecular complexity index is 1100. The van der Waals surface area contributed by atoms with Crippen molar-refractivity contribution in [3.63, 3.8) is 0 Å². The van der Waals surface area contributed by atoms with Gasteiger partial charge in [0, 0.05) is 11.7 Å². The van der Waals surface area contributed by atoms with Crippen molar-refractivity contribution < 1.29 is 13.6 Å². The molecule has 0 bridgehead atoms. The number of anilines is 1. The van der Waals surface area contributed by atoms with Crippen LogP contribution in [0.4, 0.5) is 19.3 Å². The fourth-order valence-corrected chi connectivity index (χ4v) is 3.72. The van der Waals surface area contributed by atoms with Gasteiger partial charge in [0.1, 0.15) is 5.69 Å².